The number of amides is 1. The third-order valence-electron chi connectivity index (χ3n) is 4.64. The Morgan fingerprint density at radius 2 is 1.76 bits per heavy atom. The topological polar surface area (TPSA) is 59.8 Å². The molecule has 1 heterocycles. The van der Waals surface area contributed by atoms with Crippen molar-refractivity contribution in [3.05, 3.63) is 104 Å². The van der Waals surface area contributed by atoms with Gasteiger partial charge in [-0.1, -0.05) is 63.0 Å². The smallest absolute Gasteiger partial charge is 0.251 e. The van der Waals surface area contributed by atoms with Crippen LogP contribution >= 0.6 is 50.9 Å². The number of thioether (sulfide) groups is 1. The minimum absolute atomic E-state index is 0.127. The van der Waals surface area contributed by atoms with E-state index in [2.05, 4.69) is 31.4 Å². The van der Waals surface area contributed by atoms with Gasteiger partial charge in [0.25, 0.3) is 5.91 Å². The van der Waals surface area contributed by atoms with Crippen molar-refractivity contribution in [2.45, 2.75) is 17.5 Å². The minimum atomic E-state index is -0.290. The van der Waals surface area contributed by atoms with Crippen molar-refractivity contribution >= 4 is 56.8 Å². The van der Waals surface area contributed by atoms with Crippen LogP contribution in [0, 0.1) is 5.82 Å². The fraction of sp³-hybridized carbons (Fsp3) is 0.0870. The second-order valence-corrected chi connectivity index (χ2v) is 9.64. The lowest BCUT2D eigenvalue weighted by Crippen LogP contribution is -2.24. The minimum Gasteiger partial charge on any atom is -0.345 e. The van der Waals surface area contributed by atoms with E-state index in [0.29, 0.717) is 38.0 Å². The van der Waals surface area contributed by atoms with E-state index in [1.165, 1.54) is 23.9 Å². The number of rotatable bonds is 7. The first-order valence-electron chi connectivity index (χ1n) is 9.71. The standard InChI is InChI=1S/C23H16BrCl2FN4OS/c24-16-5-3-15(4-6-16)22(32)28-12-21-29-30-23(33-13-14-1-8-18(27)9-2-14)31(21)20-11-17(25)7-10-19(20)26/h1-11H,12-13H2,(H,28,32). The third kappa shape index (κ3) is 5.95. The predicted molar refractivity (Wildman–Crippen MR) is 133 cm³/mol. The molecule has 0 unspecified atom stereocenters. The van der Waals surface area contributed by atoms with Crippen molar-refractivity contribution in [2.24, 2.45) is 0 Å². The van der Waals surface area contributed by atoms with Gasteiger partial charge >= 0.3 is 0 Å². The Bertz CT molecular complexity index is 1280. The molecule has 1 amide bonds. The van der Waals surface area contributed by atoms with E-state index >= 15 is 0 Å². The molecule has 33 heavy (non-hydrogen) atoms. The molecule has 4 rings (SSSR count). The third-order valence-corrected chi connectivity index (χ3v) is 6.73. The molecule has 0 spiro atoms. The maximum atomic E-state index is 13.2. The molecule has 1 aromatic heterocycles. The zero-order chi connectivity index (χ0) is 23.4. The SMILES string of the molecule is O=C(NCc1nnc(SCc2ccc(F)cc2)n1-c1cc(Cl)ccc1Cl)c1ccc(Br)cc1. The average Bonchev–Trinajstić information content (AvgIpc) is 3.21. The predicted octanol–water partition coefficient (Wildman–Crippen LogP) is 6.70. The molecule has 0 aliphatic carbocycles. The molecule has 0 saturated carbocycles. The number of carbonyl (C=O) groups excluding carboxylic acids is 1. The molecular formula is C23H16BrCl2FN4OS. The number of halogens is 4. The summed E-state index contributed by atoms with van der Waals surface area (Å²) in [4.78, 5) is 12.6. The van der Waals surface area contributed by atoms with Crippen molar-refractivity contribution in [2.75, 3.05) is 0 Å². The summed E-state index contributed by atoms with van der Waals surface area (Å²) in [6.07, 6.45) is 0. The Hall–Kier alpha value is -2.39. The van der Waals surface area contributed by atoms with Gasteiger partial charge in [0.2, 0.25) is 0 Å². The Morgan fingerprint density at radius 1 is 1.03 bits per heavy atom. The van der Waals surface area contributed by atoms with Crippen LogP contribution in [0.15, 0.2) is 76.4 Å². The first-order chi connectivity index (χ1) is 15.9. The second kappa shape index (κ2) is 10.7. The molecule has 0 fully saturated rings. The maximum absolute atomic E-state index is 13.2. The van der Waals surface area contributed by atoms with Gasteiger partial charge in [-0.15, -0.1) is 10.2 Å². The van der Waals surface area contributed by atoms with Gasteiger partial charge in [0.05, 0.1) is 17.3 Å². The van der Waals surface area contributed by atoms with E-state index in [0.717, 1.165) is 10.0 Å². The van der Waals surface area contributed by atoms with E-state index < -0.39 is 0 Å². The van der Waals surface area contributed by atoms with Gasteiger partial charge < -0.3 is 5.32 Å². The fourth-order valence-electron chi connectivity index (χ4n) is 3.00. The van der Waals surface area contributed by atoms with Crippen molar-refractivity contribution in [1.29, 1.82) is 0 Å². The van der Waals surface area contributed by atoms with Crippen molar-refractivity contribution in [3.63, 3.8) is 0 Å². The summed E-state index contributed by atoms with van der Waals surface area (Å²) in [6.45, 7) is 0.127. The molecule has 0 atom stereocenters. The number of carbonyl (C=O) groups is 1. The lowest BCUT2D eigenvalue weighted by Gasteiger charge is -2.13. The fourth-order valence-corrected chi connectivity index (χ4v) is 4.55. The summed E-state index contributed by atoms with van der Waals surface area (Å²) in [7, 11) is 0. The highest BCUT2D eigenvalue weighted by Gasteiger charge is 2.18. The molecular weight excluding hydrogens is 550 g/mol. The molecule has 0 aliphatic rings. The van der Waals surface area contributed by atoms with Crippen molar-refractivity contribution < 1.29 is 9.18 Å². The van der Waals surface area contributed by atoms with E-state index in [4.69, 9.17) is 23.2 Å². The lowest BCUT2D eigenvalue weighted by molar-refractivity contribution is 0.0949. The zero-order valence-corrected chi connectivity index (χ0v) is 20.8. The number of nitrogens with zero attached hydrogens (tertiary/aromatic N) is 3. The molecule has 0 radical (unpaired) electrons. The van der Waals surface area contributed by atoms with Gasteiger partial charge in [-0.3, -0.25) is 9.36 Å². The van der Waals surface area contributed by atoms with Crippen LogP contribution in [0.3, 0.4) is 0 Å². The van der Waals surface area contributed by atoms with Crippen LogP contribution < -0.4 is 5.32 Å². The van der Waals surface area contributed by atoms with E-state index in [1.807, 2.05) is 0 Å². The van der Waals surface area contributed by atoms with Gasteiger partial charge in [0, 0.05) is 20.8 Å². The summed E-state index contributed by atoms with van der Waals surface area (Å²) < 4.78 is 15.9. The lowest BCUT2D eigenvalue weighted by atomic mass is 10.2. The molecule has 10 heteroatoms. The Kier molecular flexibility index (Phi) is 7.70. The highest BCUT2D eigenvalue weighted by atomic mass is 79.9. The Labute approximate surface area is 212 Å². The number of hydrogen-bond donors (Lipinski definition) is 1. The summed E-state index contributed by atoms with van der Waals surface area (Å²) >= 11 is 17.5. The van der Waals surface area contributed by atoms with Crippen molar-refractivity contribution in [1.82, 2.24) is 20.1 Å². The van der Waals surface area contributed by atoms with E-state index in [9.17, 15) is 9.18 Å². The summed E-state index contributed by atoms with van der Waals surface area (Å²) in [6, 6.07) is 18.4. The van der Waals surface area contributed by atoms with Crippen LogP contribution in [0.2, 0.25) is 10.0 Å². The molecule has 3 aromatic carbocycles. The molecule has 1 N–H and O–H groups in total. The molecule has 0 bridgehead atoms. The molecule has 0 aliphatic heterocycles. The molecule has 0 saturated heterocycles. The second-order valence-electron chi connectivity index (χ2n) is 6.93. The summed E-state index contributed by atoms with van der Waals surface area (Å²) in [5.74, 6) is 0.504. The largest absolute Gasteiger partial charge is 0.345 e. The highest BCUT2D eigenvalue weighted by molar-refractivity contribution is 9.10. The quantitative estimate of drug-likeness (QED) is 0.253. The van der Waals surface area contributed by atoms with Gasteiger partial charge in [-0.2, -0.15) is 0 Å². The number of nitrogens with one attached hydrogen (secondary N) is 1. The number of aromatic nitrogens is 3. The normalized spacial score (nSPS) is 10.9. The summed E-state index contributed by atoms with van der Waals surface area (Å²) in [5, 5.41) is 13.0. The Morgan fingerprint density at radius 3 is 2.48 bits per heavy atom. The van der Waals surface area contributed by atoms with Gasteiger partial charge in [0.15, 0.2) is 11.0 Å². The molecule has 4 aromatic rings. The monoisotopic (exact) mass is 564 g/mol. The molecule has 168 valence electrons. The first-order valence-corrected chi connectivity index (χ1v) is 12.2. The van der Waals surface area contributed by atoms with Crippen LogP contribution in [0.5, 0.6) is 0 Å². The van der Waals surface area contributed by atoms with Gasteiger partial charge in [0.1, 0.15) is 5.82 Å². The number of hydrogen-bond acceptors (Lipinski definition) is 4. The van der Waals surface area contributed by atoms with E-state index in [1.54, 1.807) is 59.2 Å². The van der Waals surface area contributed by atoms with Crippen LogP contribution in [-0.4, -0.2) is 20.7 Å². The maximum Gasteiger partial charge on any atom is 0.251 e. The van der Waals surface area contributed by atoms with Crippen LogP contribution in [0.1, 0.15) is 21.7 Å². The average molecular weight is 566 g/mol. The highest BCUT2D eigenvalue weighted by Crippen LogP contribution is 2.31. The van der Waals surface area contributed by atoms with Gasteiger partial charge in [-0.25, -0.2) is 4.39 Å². The van der Waals surface area contributed by atoms with E-state index in [-0.39, 0.29) is 18.3 Å². The van der Waals surface area contributed by atoms with Crippen LogP contribution in [0.25, 0.3) is 5.69 Å². The first kappa shape index (κ1) is 23.8. The van der Waals surface area contributed by atoms with Crippen molar-refractivity contribution in [3.8, 4) is 5.69 Å². The number of benzene rings is 3. The molecule has 5 nitrogen and oxygen atoms in total. The Balaban J connectivity index is 1.60. The summed E-state index contributed by atoms with van der Waals surface area (Å²) in [5.41, 5.74) is 2.05. The van der Waals surface area contributed by atoms with Crippen LogP contribution in [-0.2, 0) is 12.3 Å². The zero-order valence-electron chi connectivity index (χ0n) is 16.9. The van der Waals surface area contributed by atoms with Gasteiger partial charge in [-0.05, 0) is 60.2 Å². The van der Waals surface area contributed by atoms with Crippen LogP contribution in [0.4, 0.5) is 4.39 Å².